The minimum absolute atomic E-state index is 0.0516. The average molecular weight is 906 g/mol. The van der Waals surface area contributed by atoms with Gasteiger partial charge in [-0.15, -0.1) is 0 Å². The fourth-order valence-corrected chi connectivity index (χ4v) is 6.34. The second-order valence-electron chi connectivity index (χ2n) is 13.5. The van der Waals surface area contributed by atoms with Crippen LogP contribution < -0.4 is 32.6 Å². The van der Waals surface area contributed by atoms with E-state index in [9.17, 15) is 39.3 Å². The molecular formula is C40H40ClN9O12S. The highest BCUT2D eigenvalue weighted by atomic mass is 35.5. The Balaban J connectivity index is 1.50. The van der Waals surface area contributed by atoms with Gasteiger partial charge in [-0.3, -0.25) is 19.2 Å². The van der Waals surface area contributed by atoms with Gasteiger partial charge in [0.2, 0.25) is 17.7 Å². The predicted molar refractivity (Wildman–Crippen MR) is 222 cm³/mol. The van der Waals surface area contributed by atoms with Crippen molar-refractivity contribution in [1.29, 1.82) is 10.5 Å². The van der Waals surface area contributed by atoms with E-state index in [-0.39, 0.29) is 39.0 Å². The number of amides is 2. The number of thioether (sulfide) groups is 1. The van der Waals surface area contributed by atoms with E-state index >= 15 is 0 Å². The third-order valence-electron chi connectivity index (χ3n) is 8.58. The number of nitrogens with one attached hydrogen (secondary N) is 2. The number of carboxylic acid groups (broad SMARTS) is 2. The molecule has 63 heavy (non-hydrogen) atoms. The van der Waals surface area contributed by atoms with Crippen LogP contribution >= 0.6 is 23.4 Å². The largest absolute Gasteiger partial charge is 0.490 e. The van der Waals surface area contributed by atoms with Crippen molar-refractivity contribution in [3.63, 3.8) is 0 Å². The lowest BCUT2D eigenvalue weighted by atomic mass is 9.97. The van der Waals surface area contributed by atoms with Gasteiger partial charge < -0.3 is 56.7 Å². The lowest BCUT2D eigenvalue weighted by molar-refractivity contribution is -0.163. The molecule has 0 aliphatic heterocycles. The number of esters is 2. The number of hydrogen-bond donors (Lipinski definition) is 7. The first-order valence-electron chi connectivity index (χ1n) is 18.5. The number of pyridine rings is 1. The second-order valence-corrected chi connectivity index (χ2v) is 14.9. The highest BCUT2D eigenvalue weighted by Crippen LogP contribution is 2.37. The lowest BCUT2D eigenvalue weighted by Gasteiger charge is -2.23. The van der Waals surface area contributed by atoms with Crippen LogP contribution in [0.4, 0.5) is 5.82 Å². The molecular weight excluding hydrogens is 866 g/mol. The number of oxazole rings is 1. The number of nitriles is 2. The number of carbonyl (C=O) groups is 6. The van der Waals surface area contributed by atoms with Gasteiger partial charge in [-0.25, -0.2) is 19.6 Å². The van der Waals surface area contributed by atoms with Crippen molar-refractivity contribution >= 4 is 64.9 Å². The van der Waals surface area contributed by atoms with Crippen molar-refractivity contribution in [2.24, 2.45) is 11.5 Å². The number of benzene rings is 2. The summed E-state index contributed by atoms with van der Waals surface area (Å²) in [5, 5.41) is 43.4. The first kappa shape index (κ1) is 48.4. The van der Waals surface area contributed by atoms with Gasteiger partial charge in [-0.1, -0.05) is 35.5 Å². The van der Waals surface area contributed by atoms with Crippen molar-refractivity contribution in [3.8, 4) is 40.5 Å². The fourth-order valence-electron chi connectivity index (χ4n) is 5.34. The summed E-state index contributed by atoms with van der Waals surface area (Å²) in [7, 11) is 0. The van der Waals surface area contributed by atoms with Crippen LogP contribution in [-0.4, -0.2) is 99.4 Å². The number of nitrogens with two attached hydrogens (primary N) is 3. The van der Waals surface area contributed by atoms with Gasteiger partial charge in [-0.2, -0.15) is 10.5 Å². The van der Waals surface area contributed by atoms with E-state index in [0.717, 1.165) is 11.8 Å². The summed E-state index contributed by atoms with van der Waals surface area (Å²) < 4.78 is 22.2. The number of aliphatic carboxylic acids is 2. The van der Waals surface area contributed by atoms with Crippen molar-refractivity contribution in [3.05, 3.63) is 76.6 Å². The topological polar surface area (TPSA) is 359 Å². The summed E-state index contributed by atoms with van der Waals surface area (Å²) >= 11 is 7.13. The van der Waals surface area contributed by atoms with Crippen LogP contribution in [0.2, 0.25) is 5.02 Å². The van der Waals surface area contributed by atoms with Crippen LogP contribution in [-0.2, 0) is 44.0 Å². The Morgan fingerprint density at radius 2 is 1.38 bits per heavy atom. The van der Waals surface area contributed by atoms with E-state index < -0.39 is 92.0 Å². The van der Waals surface area contributed by atoms with Crippen LogP contribution in [0.3, 0.4) is 0 Å². The van der Waals surface area contributed by atoms with Gasteiger partial charge in [0.1, 0.15) is 65.9 Å². The van der Waals surface area contributed by atoms with Crippen LogP contribution in [0.25, 0.3) is 22.6 Å². The van der Waals surface area contributed by atoms with E-state index in [4.69, 9.17) is 57.6 Å². The van der Waals surface area contributed by atoms with E-state index in [0.29, 0.717) is 27.7 Å². The third-order valence-corrected chi connectivity index (χ3v) is 9.84. The van der Waals surface area contributed by atoms with Gasteiger partial charge >= 0.3 is 23.9 Å². The number of aromatic nitrogens is 2. The Hall–Kier alpha value is -7.24. The monoisotopic (exact) mass is 905 g/mol. The van der Waals surface area contributed by atoms with Crippen LogP contribution in [0.1, 0.15) is 43.5 Å². The average Bonchev–Trinajstić information content (AvgIpc) is 3.72. The predicted octanol–water partition coefficient (Wildman–Crippen LogP) is 2.12. The summed E-state index contributed by atoms with van der Waals surface area (Å²) in [6, 6.07) is 11.5. The second kappa shape index (κ2) is 22.6. The lowest BCUT2D eigenvalue weighted by Crippen LogP contribution is -2.50. The molecule has 2 heterocycles. The molecule has 2 aromatic carbocycles. The fraction of sp³-hybridized carbons (Fsp3) is 0.300. The molecule has 5 atom stereocenters. The molecule has 0 aliphatic rings. The molecule has 4 aromatic rings. The first-order valence-corrected chi connectivity index (χ1v) is 19.9. The minimum atomic E-state index is -1.47. The van der Waals surface area contributed by atoms with Crippen LogP contribution in [0, 0.1) is 22.7 Å². The molecule has 0 spiro atoms. The highest BCUT2D eigenvalue weighted by Gasteiger charge is 2.28. The molecule has 0 aliphatic carbocycles. The molecule has 2 aromatic heterocycles. The molecule has 330 valence electrons. The number of carbonyl (C=O) groups excluding carboxylic acids is 4. The molecule has 0 fully saturated rings. The molecule has 23 heteroatoms. The Morgan fingerprint density at radius 1 is 0.825 bits per heavy atom. The van der Waals surface area contributed by atoms with Crippen LogP contribution in [0.15, 0.2) is 64.2 Å². The molecule has 0 saturated carbocycles. The number of hydrogen-bond acceptors (Lipinski definition) is 18. The number of nitrogens with zero attached hydrogens (tertiary/aromatic N) is 4. The zero-order chi connectivity index (χ0) is 46.4. The summed E-state index contributed by atoms with van der Waals surface area (Å²) in [4.78, 5) is 81.0. The molecule has 10 N–H and O–H groups in total. The number of nitrogen functional groups attached to an aromatic ring is 1. The van der Waals surface area contributed by atoms with E-state index in [2.05, 4.69) is 26.7 Å². The summed E-state index contributed by atoms with van der Waals surface area (Å²) in [5.41, 5.74) is 19.2. The Labute approximate surface area is 367 Å². The number of rotatable bonds is 21. The summed E-state index contributed by atoms with van der Waals surface area (Å²) in [5.74, 6) is -5.99. The Morgan fingerprint density at radius 3 is 1.94 bits per heavy atom. The Kier molecular flexibility index (Phi) is 17.3. The molecule has 0 unspecified atom stereocenters. The van der Waals surface area contributed by atoms with E-state index in [1.807, 2.05) is 6.07 Å². The molecule has 4 rings (SSSR count). The zero-order valence-corrected chi connectivity index (χ0v) is 35.0. The van der Waals surface area contributed by atoms with Crippen molar-refractivity contribution in [2.75, 3.05) is 18.9 Å². The maximum Gasteiger partial charge on any atom is 0.328 e. The summed E-state index contributed by atoms with van der Waals surface area (Å²) in [6.45, 7) is 1.38. The molecule has 21 nitrogen and oxygen atoms in total. The van der Waals surface area contributed by atoms with Gasteiger partial charge in [-0.05, 0) is 55.8 Å². The third kappa shape index (κ3) is 13.9. The van der Waals surface area contributed by atoms with Crippen molar-refractivity contribution in [1.82, 2.24) is 20.6 Å². The molecule has 0 bridgehead atoms. The first-order chi connectivity index (χ1) is 29.9. The standard InChI is InChI=1S/C40H40ClN9O12S/c1-19(47-35(55)29(44)11-31(51)52)39(57)61-17-26(62-40(58)20(2)48-36(56)30(45)12-32(53)54)16-59-25-9-5-21(6-10-25)33-27(13-42)34(46)50-38(28(33)14-43)63-18-24-15-60-37(49-24)22-3-7-23(41)8-4-22/h3-10,15,19-20,26,29-30H,11-12,16-18,44-45H2,1-2H3,(H2,46,50)(H,47,55)(H,48,56)(H,51,52)(H,53,54)/t19-,20-,26-,29-,30-/m0/s1. The van der Waals surface area contributed by atoms with E-state index in [1.165, 1.54) is 44.4 Å². The molecule has 0 saturated heterocycles. The SMILES string of the molecule is C[C@H](NC(=O)[C@@H](N)CC(=O)O)C(=O)OC[C@H](COc1ccc(-c2c(C#N)c(N)nc(SCc3coc(-c4ccc(Cl)cc4)n3)c2C#N)cc1)OC(=O)[C@H](C)NC(=O)[C@@H](N)CC(=O)O. The van der Waals surface area contributed by atoms with Gasteiger partial charge in [0, 0.05) is 21.9 Å². The summed E-state index contributed by atoms with van der Waals surface area (Å²) in [6.07, 6.45) is -1.30. The van der Waals surface area contributed by atoms with Gasteiger partial charge in [0.15, 0.2) is 6.10 Å². The minimum Gasteiger partial charge on any atom is -0.490 e. The van der Waals surface area contributed by atoms with Gasteiger partial charge in [0.05, 0.1) is 36.2 Å². The number of ether oxygens (including phenoxy) is 3. The maximum atomic E-state index is 13.0. The number of halogens is 1. The van der Waals surface area contributed by atoms with Crippen LogP contribution in [0.5, 0.6) is 5.75 Å². The maximum absolute atomic E-state index is 13.0. The number of carboxylic acids is 2. The van der Waals surface area contributed by atoms with E-state index in [1.54, 1.807) is 24.3 Å². The normalized spacial score (nSPS) is 13.1. The molecule has 2 amide bonds. The quantitative estimate of drug-likeness (QED) is 0.0465. The smallest absolute Gasteiger partial charge is 0.328 e. The zero-order valence-electron chi connectivity index (χ0n) is 33.4. The van der Waals surface area contributed by atoms with Gasteiger partial charge in [0.25, 0.3) is 0 Å². The Bertz CT molecular complexity index is 2420. The van der Waals surface area contributed by atoms with Crippen molar-refractivity contribution < 1.29 is 57.6 Å². The molecule has 0 radical (unpaired) electrons. The number of anilines is 1. The highest BCUT2D eigenvalue weighted by molar-refractivity contribution is 7.98. The van der Waals surface area contributed by atoms with Crippen molar-refractivity contribution in [2.45, 2.75) is 67.7 Å².